The molecule has 6 N–H and O–H groups in total. The Bertz CT molecular complexity index is 5940. The number of hydrogen-bond donors (Lipinski definition) is 5. The third kappa shape index (κ3) is 29.5. The molecule has 16 rings (SSSR count). The number of amides is 2. The summed E-state index contributed by atoms with van der Waals surface area (Å²) in [6.45, 7) is 17.4. The average Bonchev–Trinajstić information content (AvgIpc) is 1.50. The van der Waals surface area contributed by atoms with Gasteiger partial charge in [0.2, 0.25) is 31.9 Å². The summed E-state index contributed by atoms with van der Waals surface area (Å²) >= 11 is 60.9. The molecule has 0 bridgehead atoms. The molecular formula is C74H70Cl12Li2N12O16S4. The summed E-state index contributed by atoms with van der Waals surface area (Å²) in [5.41, 5.74) is 11.4. The number of nitrogens with two attached hydrogens (primary N) is 1. The number of anilines is 3. The minimum absolute atomic E-state index is 0. The van der Waals surface area contributed by atoms with E-state index in [1.807, 2.05) is 6.07 Å². The Kier molecular flexibility index (Phi) is 40.9. The van der Waals surface area contributed by atoms with Crippen LogP contribution < -0.4 is 64.7 Å². The van der Waals surface area contributed by atoms with Gasteiger partial charge in [-0.05, 0) is 133 Å². The zero-order chi connectivity index (χ0) is 86.7. The van der Waals surface area contributed by atoms with Crippen LogP contribution in [0.25, 0.3) is 55.5 Å². The largest absolute Gasteiger partial charge is 1.00 e. The third-order valence-corrected chi connectivity index (χ3v) is 25.8. The number of aromatic nitrogens is 5. The van der Waals surface area contributed by atoms with Crippen molar-refractivity contribution in [2.75, 3.05) is 81.9 Å². The molecule has 3 fully saturated rings. The first-order chi connectivity index (χ1) is 55.6. The zero-order valence-corrected chi connectivity index (χ0v) is 77.2. The first kappa shape index (κ1) is 103. The number of carbonyl (C=O) groups excluding carboxylic acids is 2. The van der Waals surface area contributed by atoms with Gasteiger partial charge in [-0.25, -0.2) is 45.2 Å². The van der Waals surface area contributed by atoms with E-state index in [-0.39, 0.29) is 112 Å². The maximum absolute atomic E-state index is 12.8. The quantitative estimate of drug-likeness (QED) is 0.0310. The molecule has 8 aromatic carbocycles. The van der Waals surface area contributed by atoms with Crippen molar-refractivity contribution in [1.29, 1.82) is 0 Å². The van der Waals surface area contributed by atoms with Crippen molar-refractivity contribution in [2.45, 2.75) is 80.9 Å². The van der Waals surface area contributed by atoms with Crippen LogP contribution in [-0.4, -0.2) is 145 Å². The molecule has 8 heterocycles. The number of nitrogens with one attached hydrogen (secondary N) is 4. The molecule has 13 aromatic rings. The summed E-state index contributed by atoms with van der Waals surface area (Å²) in [5.74, 6) is 1.97. The Morgan fingerprint density at radius 3 is 1.12 bits per heavy atom. The van der Waals surface area contributed by atoms with Crippen molar-refractivity contribution >= 4 is 263 Å². The van der Waals surface area contributed by atoms with Gasteiger partial charge in [0.05, 0.1) is 55.1 Å². The van der Waals surface area contributed by atoms with E-state index < -0.39 is 40.2 Å². The van der Waals surface area contributed by atoms with Crippen molar-refractivity contribution in [1.82, 2.24) is 44.2 Å². The van der Waals surface area contributed by atoms with E-state index >= 15 is 0 Å². The van der Waals surface area contributed by atoms with Crippen LogP contribution in [0.1, 0.15) is 56.1 Å². The summed E-state index contributed by atoms with van der Waals surface area (Å²) < 4.78 is 129. The molecule has 0 radical (unpaired) electrons. The van der Waals surface area contributed by atoms with Gasteiger partial charge in [0.15, 0.2) is 51.8 Å². The summed E-state index contributed by atoms with van der Waals surface area (Å²) in [5, 5.41) is 15.3. The molecule has 3 saturated heterocycles. The summed E-state index contributed by atoms with van der Waals surface area (Å²) in [6, 6.07) is 33.7. The monoisotopic (exact) mass is 1940 g/mol. The fourth-order valence-corrected chi connectivity index (χ4v) is 18.4. The van der Waals surface area contributed by atoms with E-state index in [0.717, 1.165) is 18.7 Å². The third-order valence-electron chi connectivity index (χ3n) is 15.7. The zero-order valence-electron chi connectivity index (χ0n) is 64.9. The van der Waals surface area contributed by atoms with Gasteiger partial charge in [-0.2, -0.15) is 8.61 Å². The number of hydrogen-bond acceptors (Lipinski definition) is 24. The smallest absolute Gasteiger partial charge is 0.768 e. The number of benzene rings is 8. The van der Waals surface area contributed by atoms with Gasteiger partial charge in [0, 0.05) is 147 Å². The molecule has 1 atom stereocenters. The number of nitrogen functional groups attached to an aromatic ring is 1. The number of piperazine rings is 2. The molecule has 3 aliphatic rings. The van der Waals surface area contributed by atoms with Crippen molar-refractivity contribution in [3.63, 3.8) is 0 Å². The van der Waals surface area contributed by atoms with Crippen molar-refractivity contribution < 1.29 is 108 Å². The van der Waals surface area contributed by atoms with Gasteiger partial charge in [-0.1, -0.05) is 121 Å². The molecule has 0 aliphatic carbocycles. The molecule has 3 aliphatic heterocycles. The van der Waals surface area contributed by atoms with Crippen LogP contribution in [0.3, 0.4) is 0 Å². The van der Waals surface area contributed by atoms with E-state index in [9.17, 15) is 43.6 Å². The van der Waals surface area contributed by atoms with Crippen LogP contribution in [0, 0.1) is 40.7 Å². The van der Waals surface area contributed by atoms with Gasteiger partial charge >= 0.3 is 37.7 Å². The van der Waals surface area contributed by atoms with Crippen LogP contribution in [0.4, 0.5) is 17.1 Å². The van der Waals surface area contributed by atoms with Crippen LogP contribution >= 0.6 is 138 Å². The number of carbonyl (C=O) groups is 2. The number of ether oxygens (including phenoxy) is 1. The van der Waals surface area contributed by atoms with Crippen molar-refractivity contribution in [3.05, 3.63) is 206 Å². The van der Waals surface area contributed by atoms with Gasteiger partial charge in [-0.3, -0.25) is 18.8 Å². The number of rotatable bonds is 8. The second-order valence-corrected chi connectivity index (χ2v) is 36.3. The summed E-state index contributed by atoms with van der Waals surface area (Å²) in [7, 11) is -6.04. The Hall–Kier alpha value is -5.72. The number of oxazole rings is 5. The predicted octanol–water partition coefficient (Wildman–Crippen LogP) is 13.4. The van der Waals surface area contributed by atoms with Crippen LogP contribution in [0.2, 0.25) is 55.2 Å². The fraction of sp³-hybridized carbons (Fsp3) is 0.257. The van der Waals surface area contributed by atoms with E-state index in [0.29, 0.717) is 162 Å². The van der Waals surface area contributed by atoms with Gasteiger partial charge in [-0.15, -0.1) is 29.8 Å². The molecule has 5 aromatic heterocycles. The van der Waals surface area contributed by atoms with Gasteiger partial charge in [0.25, 0.3) is 9.05 Å². The second kappa shape index (κ2) is 47.6. The van der Waals surface area contributed by atoms with Gasteiger partial charge < -0.3 is 58.4 Å². The number of sulfonamides is 2. The van der Waals surface area contributed by atoms with Crippen LogP contribution in [-0.2, 0) is 54.5 Å². The van der Waals surface area contributed by atoms with Crippen LogP contribution in [0.15, 0.2) is 157 Å². The Balaban J connectivity index is 0.000000213. The van der Waals surface area contributed by atoms with E-state index in [1.165, 1.54) is 47.4 Å². The van der Waals surface area contributed by atoms with E-state index in [1.54, 1.807) is 132 Å². The first-order valence-electron chi connectivity index (χ1n) is 34.5. The topological polar surface area (TPSA) is 397 Å². The number of aryl methyl sites for hydroxylation is 5. The fourth-order valence-electron chi connectivity index (χ4n) is 10.6. The molecule has 632 valence electrons. The molecule has 28 nitrogen and oxygen atoms in total. The molecule has 0 spiro atoms. The van der Waals surface area contributed by atoms with E-state index in [2.05, 4.69) is 52.3 Å². The summed E-state index contributed by atoms with van der Waals surface area (Å²) in [6.07, 6.45) is 2.56. The van der Waals surface area contributed by atoms with Gasteiger partial charge in [0.1, 0.15) is 36.8 Å². The maximum atomic E-state index is 12.8. The minimum Gasteiger partial charge on any atom is -0.768 e. The molecular weight excluding hydrogens is 1880 g/mol. The van der Waals surface area contributed by atoms with Crippen molar-refractivity contribution in [3.8, 4) is 0 Å². The first-order valence-corrected chi connectivity index (χ1v) is 44.9. The number of nitrogens with zero attached hydrogens (tertiary/aromatic N) is 7. The standard InChI is InChI=1S/2C12H14ClN3O3S.C8H5Cl2NO3S.2C8H7Cl2NO.C8H6ClNO3S.C8H5ClNO.C6H5Cl2N.C4H8O.2Li/c2*1-8-15-10-3-2-9(13)12(11(10)19-8)20(17,18)16-6-4-14-5-7-16;1-4-11-6-3-2-5(9)8(7(6)14-4)15(10,12)13;2*1-5(12)11-6-2-3-7(9)8(10)4-6;1-4-10-6-3-2-5(9)8(14(11)12)7(6)13-4;1-5-10-7-3-2-6(9)4-8(7)11-5;7-5-2-1-4(9)3-6(5)8;1-2-4-5-3-1;;/h2*2-3,14H,4-7H2,1H3;2-3H,1H3;2*2-4H,1H3,(H,11,12);2-3H,1H3,(H,11,12);2-3H,1H3;1-3H,9H2;1-4H2;;/q;;;;;;-1;;;2*+1/p-1. The molecule has 120 heavy (non-hydrogen) atoms. The molecule has 1 unspecified atom stereocenters. The Labute approximate surface area is 776 Å². The van der Waals surface area contributed by atoms with Crippen LogP contribution in [0.5, 0.6) is 0 Å². The molecule has 2 amide bonds. The SMILES string of the molecule is C1CCOC1.CC(=O)Nc1ccc(Cl)c(Cl)c1.CC(=O)Nc1ccc(Cl)c(Cl)c1.Cc1nc2ccc(Cl)[c-]c2o1.Cc1nc2ccc(Cl)c(S(=O)(=O)Cl)c2o1.Cc1nc2ccc(Cl)c(S(=O)(=O)N3CCNCC3)c2o1.Cc1nc2ccc(Cl)c(S(=O)(=O)N3CCNCC3)c2o1.Cc1nc2ccc(Cl)c(S(=O)[O-])c2o1.Nc1ccc(Cl)c(Cl)c1.[Li+].[Li+]. The minimum atomic E-state index is -3.94. The number of halogens is 12. The molecule has 46 heteroatoms. The average molecular weight is 1950 g/mol. The summed E-state index contributed by atoms with van der Waals surface area (Å²) in [4.78, 5) is 41.4. The molecule has 0 saturated carbocycles. The Morgan fingerprint density at radius 2 is 0.775 bits per heavy atom. The Morgan fingerprint density at radius 1 is 0.450 bits per heavy atom. The van der Waals surface area contributed by atoms with E-state index in [4.69, 9.17) is 171 Å². The predicted molar refractivity (Wildman–Crippen MR) is 464 cm³/mol. The second-order valence-electron chi connectivity index (χ2n) is 24.7. The number of fused-ring (bicyclic) bond motifs is 5. The van der Waals surface area contributed by atoms with Crippen molar-refractivity contribution in [2.24, 2.45) is 0 Å². The maximum Gasteiger partial charge on any atom is 1.00 e. The normalized spacial score (nSPS) is 13.6.